The van der Waals surface area contributed by atoms with Crippen molar-refractivity contribution in [2.45, 2.75) is 38.0 Å². The Morgan fingerprint density at radius 1 is 1.00 bits per heavy atom. The van der Waals surface area contributed by atoms with Gasteiger partial charge in [-0.25, -0.2) is 4.79 Å². The van der Waals surface area contributed by atoms with Crippen molar-refractivity contribution in [1.82, 2.24) is 4.40 Å². The predicted molar refractivity (Wildman–Crippen MR) is 95.6 cm³/mol. The lowest BCUT2D eigenvalue weighted by Crippen LogP contribution is -2.04. The zero-order chi connectivity index (χ0) is 16.5. The number of fused-ring (bicyclic) bond motifs is 1. The van der Waals surface area contributed by atoms with Crippen LogP contribution in [0.5, 0.6) is 0 Å². The summed E-state index contributed by atoms with van der Waals surface area (Å²) in [5.41, 5.74) is 4.25. The van der Waals surface area contributed by atoms with Crippen LogP contribution in [-0.4, -0.2) is 15.5 Å². The van der Waals surface area contributed by atoms with Gasteiger partial charge in [-0.05, 0) is 42.0 Å². The van der Waals surface area contributed by atoms with E-state index in [0.717, 1.165) is 16.6 Å². The molecule has 3 heteroatoms. The number of hydrogen-bond donors (Lipinski definition) is 1. The van der Waals surface area contributed by atoms with Crippen molar-refractivity contribution in [2.24, 2.45) is 0 Å². The third kappa shape index (κ3) is 2.60. The number of benzene rings is 1. The number of pyridine rings is 1. The van der Waals surface area contributed by atoms with Crippen LogP contribution >= 0.6 is 0 Å². The Bertz CT molecular complexity index is 870. The molecule has 0 spiro atoms. The number of carboxylic acids is 1. The Kier molecular flexibility index (Phi) is 3.85. The third-order valence-corrected chi connectivity index (χ3v) is 5.20. The lowest BCUT2D eigenvalue weighted by molar-refractivity contribution is 0.0700. The van der Waals surface area contributed by atoms with Crippen molar-refractivity contribution in [2.75, 3.05) is 0 Å². The van der Waals surface area contributed by atoms with Crippen molar-refractivity contribution >= 4 is 11.5 Å². The molecular formula is C21H21NO2. The van der Waals surface area contributed by atoms with Gasteiger partial charge >= 0.3 is 5.97 Å². The Hall–Kier alpha value is -2.55. The average molecular weight is 319 g/mol. The fourth-order valence-corrected chi connectivity index (χ4v) is 3.94. The van der Waals surface area contributed by atoms with Gasteiger partial charge in [-0.2, -0.15) is 0 Å². The van der Waals surface area contributed by atoms with Crippen LogP contribution in [0.2, 0.25) is 0 Å². The lowest BCUT2D eigenvalue weighted by Gasteiger charge is -2.22. The molecule has 4 rings (SSSR count). The molecule has 0 bridgehead atoms. The van der Waals surface area contributed by atoms with Crippen molar-refractivity contribution in [3.63, 3.8) is 0 Å². The number of aromatic nitrogens is 1. The highest BCUT2D eigenvalue weighted by molar-refractivity contribution is 6.03. The summed E-state index contributed by atoms with van der Waals surface area (Å²) in [4.78, 5) is 11.8. The van der Waals surface area contributed by atoms with Gasteiger partial charge in [0.15, 0.2) is 0 Å². The van der Waals surface area contributed by atoms with Gasteiger partial charge in [0.1, 0.15) is 0 Å². The van der Waals surface area contributed by atoms with Gasteiger partial charge in [0.2, 0.25) is 0 Å². The van der Waals surface area contributed by atoms with Crippen LogP contribution in [0.3, 0.4) is 0 Å². The summed E-state index contributed by atoms with van der Waals surface area (Å²) in [6, 6.07) is 14.1. The molecule has 1 aromatic carbocycles. The molecule has 0 amide bonds. The molecule has 3 aromatic rings. The average Bonchev–Trinajstić information content (AvgIpc) is 3.02. The Balaban J connectivity index is 1.74. The van der Waals surface area contributed by atoms with E-state index in [2.05, 4.69) is 24.3 Å². The molecule has 2 aromatic heterocycles. The molecule has 24 heavy (non-hydrogen) atoms. The topological polar surface area (TPSA) is 41.7 Å². The second kappa shape index (κ2) is 6.16. The number of hydrogen-bond acceptors (Lipinski definition) is 1. The molecule has 1 N–H and O–H groups in total. The molecule has 1 fully saturated rings. The van der Waals surface area contributed by atoms with E-state index >= 15 is 0 Å². The van der Waals surface area contributed by atoms with Crippen LogP contribution in [0, 0.1) is 0 Å². The molecule has 0 atom stereocenters. The molecular weight excluding hydrogens is 298 g/mol. The predicted octanol–water partition coefficient (Wildman–Crippen LogP) is 5.35. The SMILES string of the molecule is O=C(O)c1c(-c2ccc(C3CCCCC3)cc2)cn2ccccc12. The van der Waals surface area contributed by atoms with Crippen molar-refractivity contribution in [1.29, 1.82) is 0 Å². The number of aromatic carboxylic acids is 1. The maximum atomic E-state index is 11.8. The van der Waals surface area contributed by atoms with Crippen LogP contribution < -0.4 is 0 Å². The summed E-state index contributed by atoms with van der Waals surface area (Å²) < 4.78 is 1.88. The molecule has 2 heterocycles. The Morgan fingerprint density at radius 2 is 1.75 bits per heavy atom. The summed E-state index contributed by atoms with van der Waals surface area (Å²) in [6.07, 6.45) is 10.3. The molecule has 1 aliphatic rings. The monoisotopic (exact) mass is 319 g/mol. The molecule has 0 aliphatic heterocycles. The van der Waals surface area contributed by atoms with Gasteiger partial charge < -0.3 is 9.51 Å². The summed E-state index contributed by atoms with van der Waals surface area (Å²) in [5.74, 6) is -0.213. The first kappa shape index (κ1) is 15.0. The summed E-state index contributed by atoms with van der Waals surface area (Å²) >= 11 is 0. The van der Waals surface area contributed by atoms with Crippen LogP contribution in [-0.2, 0) is 0 Å². The van der Waals surface area contributed by atoms with Gasteiger partial charge in [0.25, 0.3) is 0 Å². The number of carbonyl (C=O) groups is 1. The molecule has 122 valence electrons. The molecule has 3 nitrogen and oxygen atoms in total. The van der Waals surface area contributed by atoms with E-state index in [1.54, 1.807) is 0 Å². The summed E-state index contributed by atoms with van der Waals surface area (Å²) in [6.45, 7) is 0. The van der Waals surface area contributed by atoms with Crippen LogP contribution in [0.25, 0.3) is 16.6 Å². The number of nitrogens with zero attached hydrogens (tertiary/aromatic N) is 1. The van der Waals surface area contributed by atoms with Gasteiger partial charge in [-0.3, -0.25) is 0 Å². The van der Waals surface area contributed by atoms with Gasteiger partial charge in [-0.15, -0.1) is 0 Å². The van der Waals surface area contributed by atoms with Gasteiger partial charge in [0.05, 0.1) is 11.1 Å². The largest absolute Gasteiger partial charge is 0.478 e. The Labute approximate surface area is 141 Å². The van der Waals surface area contributed by atoms with E-state index in [1.165, 1.54) is 37.7 Å². The van der Waals surface area contributed by atoms with E-state index in [1.807, 2.05) is 35.0 Å². The van der Waals surface area contributed by atoms with E-state index in [-0.39, 0.29) is 0 Å². The minimum atomic E-state index is -0.880. The fourth-order valence-electron chi connectivity index (χ4n) is 3.94. The van der Waals surface area contributed by atoms with Crippen LogP contribution in [0.1, 0.15) is 53.9 Å². The first-order chi connectivity index (χ1) is 11.7. The van der Waals surface area contributed by atoms with Crippen LogP contribution in [0.4, 0.5) is 0 Å². The summed E-state index contributed by atoms with van der Waals surface area (Å²) in [5, 5.41) is 9.66. The smallest absolute Gasteiger partial charge is 0.338 e. The van der Waals surface area contributed by atoms with E-state index in [0.29, 0.717) is 11.5 Å². The minimum absolute atomic E-state index is 0.376. The maximum absolute atomic E-state index is 11.8. The molecule has 0 radical (unpaired) electrons. The van der Waals surface area contributed by atoms with Gasteiger partial charge in [0, 0.05) is 18.0 Å². The highest BCUT2D eigenvalue weighted by atomic mass is 16.4. The van der Waals surface area contributed by atoms with E-state index in [9.17, 15) is 9.90 Å². The summed E-state index contributed by atoms with van der Waals surface area (Å²) in [7, 11) is 0. The lowest BCUT2D eigenvalue weighted by atomic mass is 9.83. The molecule has 0 unspecified atom stereocenters. The number of rotatable bonds is 3. The first-order valence-electron chi connectivity index (χ1n) is 8.67. The molecule has 1 saturated carbocycles. The highest BCUT2D eigenvalue weighted by Gasteiger charge is 2.19. The van der Waals surface area contributed by atoms with Crippen LogP contribution in [0.15, 0.2) is 54.9 Å². The zero-order valence-corrected chi connectivity index (χ0v) is 13.6. The Morgan fingerprint density at radius 3 is 2.46 bits per heavy atom. The standard InChI is InChI=1S/C21H21NO2/c23-21(24)20-18(14-22-13-5-4-8-19(20)22)17-11-9-16(10-12-17)15-6-2-1-3-7-15/h4-5,8-15H,1-3,6-7H2,(H,23,24). The van der Waals surface area contributed by atoms with E-state index < -0.39 is 5.97 Å². The minimum Gasteiger partial charge on any atom is -0.478 e. The number of carboxylic acid groups (broad SMARTS) is 1. The highest BCUT2D eigenvalue weighted by Crippen LogP contribution is 2.35. The molecule has 0 saturated heterocycles. The fraction of sp³-hybridized carbons (Fsp3) is 0.286. The van der Waals surface area contributed by atoms with Crippen molar-refractivity contribution < 1.29 is 9.90 Å². The second-order valence-electron chi connectivity index (χ2n) is 6.67. The maximum Gasteiger partial charge on any atom is 0.338 e. The molecule has 1 aliphatic carbocycles. The van der Waals surface area contributed by atoms with Crippen molar-refractivity contribution in [3.05, 3.63) is 66.0 Å². The third-order valence-electron chi connectivity index (χ3n) is 5.20. The van der Waals surface area contributed by atoms with E-state index in [4.69, 9.17) is 0 Å². The first-order valence-corrected chi connectivity index (χ1v) is 8.67. The second-order valence-corrected chi connectivity index (χ2v) is 6.67. The van der Waals surface area contributed by atoms with Crippen molar-refractivity contribution in [3.8, 4) is 11.1 Å². The quantitative estimate of drug-likeness (QED) is 0.707. The van der Waals surface area contributed by atoms with Gasteiger partial charge in [-0.1, -0.05) is 49.6 Å². The normalized spacial score (nSPS) is 15.7. The zero-order valence-electron chi connectivity index (χ0n) is 13.6.